The molecular formula is C16H19ClN2O. The van der Waals surface area contributed by atoms with Crippen LogP contribution in [-0.2, 0) is 6.54 Å². The first-order valence-electron chi connectivity index (χ1n) is 6.73. The minimum absolute atomic E-state index is 0.602. The van der Waals surface area contributed by atoms with Gasteiger partial charge >= 0.3 is 0 Å². The second-order valence-electron chi connectivity index (χ2n) is 5.04. The molecule has 0 amide bonds. The van der Waals surface area contributed by atoms with E-state index >= 15 is 0 Å². The average molecular weight is 291 g/mol. The number of ether oxygens (including phenoxy) is 1. The van der Waals surface area contributed by atoms with E-state index in [4.69, 9.17) is 16.3 Å². The van der Waals surface area contributed by atoms with E-state index in [0.717, 1.165) is 24.4 Å². The summed E-state index contributed by atoms with van der Waals surface area (Å²) < 4.78 is 5.89. The molecule has 1 aromatic heterocycles. The standard InChI is InChI=1S/C16H19ClN2O/c1-12(2)9-19-11-13-10-18-8-7-15(13)20-16-6-4-3-5-14(16)17/h3-8,10,12,19H,9,11H2,1-2H3. The van der Waals surface area contributed by atoms with E-state index in [0.29, 0.717) is 16.7 Å². The van der Waals surface area contributed by atoms with Crippen molar-refractivity contribution in [3.63, 3.8) is 0 Å². The number of hydrogen-bond donors (Lipinski definition) is 1. The van der Waals surface area contributed by atoms with Crippen molar-refractivity contribution in [1.82, 2.24) is 10.3 Å². The highest BCUT2D eigenvalue weighted by atomic mass is 35.5. The molecule has 0 radical (unpaired) electrons. The Kier molecular flexibility index (Phi) is 5.39. The van der Waals surface area contributed by atoms with Crippen LogP contribution in [0.2, 0.25) is 5.02 Å². The number of para-hydroxylation sites is 1. The number of nitrogens with one attached hydrogen (secondary N) is 1. The molecule has 0 saturated carbocycles. The molecule has 106 valence electrons. The largest absolute Gasteiger partial charge is 0.455 e. The fourth-order valence-corrected chi connectivity index (χ4v) is 1.96. The lowest BCUT2D eigenvalue weighted by Crippen LogP contribution is -2.19. The molecule has 0 fully saturated rings. The summed E-state index contributed by atoms with van der Waals surface area (Å²) >= 11 is 6.12. The van der Waals surface area contributed by atoms with Gasteiger partial charge < -0.3 is 10.1 Å². The normalized spacial score (nSPS) is 10.8. The van der Waals surface area contributed by atoms with Crippen molar-refractivity contribution in [3.05, 3.63) is 53.3 Å². The maximum Gasteiger partial charge on any atom is 0.146 e. The minimum Gasteiger partial charge on any atom is -0.455 e. The Morgan fingerprint density at radius 3 is 2.75 bits per heavy atom. The van der Waals surface area contributed by atoms with Crippen molar-refractivity contribution in [1.29, 1.82) is 0 Å². The molecule has 0 saturated heterocycles. The van der Waals surface area contributed by atoms with Crippen molar-refractivity contribution in [2.75, 3.05) is 6.54 Å². The molecule has 1 heterocycles. The van der Waals surface area contributed by atoms with Crippen LogP contribution in [0.5, 0.6) is 11.5 Å². The first kappa shape index (κ1) is 14.8. The third-order valence-electron chi connectivity index (χ3n) is 2.78. The molecule has 0 aliphatic carbocycles. The predicted octanol–water partition coefficient (Wildman–Crippen LogP) is 4.27. The van der Waals surface area contributed by atoms with Crippen LogP contribution in [0, 0.1) is 5.92 Å². The van der Waals surface area contributed by atoms with E-state index in [1.165, 1.54) is 0 Å². The van der Waals surface area contributed by atoms with Crippen molar-refractivity contribution < 1.29 is 4.74 Å². The van der Waals surface area contributed by atoms with Gasteiger partial charge in [0.25, 0.3) is 0 Å². The molecular weight excluding hydrogens is 272 g/mol. The Hall–Kier alpha value is -1.58. The summed E-state index contributed by atoms with van der Waals surface area (Å²) in [4.78, 5) is 4.15. The molecule has 0 bridgehead atoms. The molecule has 0 atom stereocenters. The predicted molar refractivity (Wildman–Crippen MR) is 82.3 cm³/mol. The number of aromatic nitrogens is 1. The molecule has 20 heavy (non-hydrogen) atoms. The molecule has 0 unspecified atom stereocenters. The molecule has 1 aromatic carbocycles. The highest BCUT2D eigenvalue weighted by molar-refractivity contribution is 6.32. The van der Waals surface area contributed by atoms with Gasteiger partial charge in [0.2, 0.25) is 0 Å². The van der Waals surface area contributed by atoms with E-state index < -0.39 is 0 Å². The Morgan fingerprint density at radius 1 is 1.20 bits per heavy atom. The average Bonchev–Trinajstić information content (AvgIpc) is 2.43. The Balaban J connectivity index is 2.10. The topological polar surface area (TPSA) is 34.2 Å². The summed E-state index contributed by atoms with van der Waals surface area (Å²) in [7, 11) is 0. The van der Waals surface area contributed by atoms with Gasteiger partial charge in [-0.25, -0.2) is 0 Å². The van der Waals surface area contributed by atoms with Crippen LogP contribution in [0.15, 0.2) is 42.7 Å². The fourth-order valence-electron chi connectivity index (χ4n) is 1.79. The van der Waals surface area contributed by atoms with Crippen molar-refractivity contribution in [3.8, 4) is 11.5 Å². The van der Waals surface area contributed by atoms with Crippen LogP contribution in [0.25, 0.3) is 0 Å². The summed E-state index contributed by atoms with van der Waals surface area (Å²) in [6.07, 6.45) is 3.54. The number of benzene rings is 1. The van der Waals surface area contributed by atoms with Crippen LogP contribution >= 0.6 is 11.6 Å². The van der Waals surface area contributed by atoms with Crippen LogP contribution in [-0.4, -0.2) is 11.5 Å². The zero-order valence-electron chi connectivity index (χ0n) is 11.8. The number of halogens is 1. The molecule has 2 rings (SSSR count). The smallest absolute Gasteiger partial charge is 0.146 e. The lowest BCUT2D eigenvalue weighted by Gasteiger charge is -2.13. The lowest BCUT2D eigenvalue weighted by atomic mass is 10.2. The third kappa shape index (κ3) is 4.22. The molecule has 0 spiro atoms. The van der Waals surface area contributed by atoms with Crippen LogP contribution in [0.4, 0.5) is 0 Å². The first-order valence-corrected chi connectivity index (χ1v) is 7.10. The molecule has 0 aliphatic rings. The zero-order valence-corrected chi connectivity index (χ0v) is 12.5. The van der Waals surface area contributed by atoms with E-state index in [1.54, 1.807) is 6.20 Å². The maximum atomic E-state index is 6.12. The van der Waals surface area contributed by atoms with Gasteiger partial charge in [-0.05, 0) is 30.7 Å². The number of rotatable bonds is 6. The third-order valence-corrected chi connectivity index (χ3v) is 3.10. The molecule has 4 heteroatoms. The second-order valence-corrected chi connectivity index (χ2v) is 5.45. The second kappa shape index (κ2) is 7.27. The van der Waals surface area contributed by atoms with Gasteiger partial charge in [-0.1, -0.05) is 37.6 Å². The molecule has 1 N–H and O–H groups in total. The SMILES string of the molecule is CC(C)CNCc1cnccc1Oc1ccccc1Cl. The van der Waals surface area contributed by atoms with E-state index in [-0.39, 0.29) is 0 Å². The summed E-state index contributed by atoms with van der Waals surface area (Å²) in [5, 5.41) is 3.99. The summed E-state index contributed by atoms with van der Waals surface area (Å²) in [6, 6.07) is 9.31. The van der Waals surface area contributed by atoms with Crippen molar-refractivity contribution in [2.24, 2.45) is 5.92 Å². The molecule has 3 nitrogen and oxygen atoms in total. The molecule has 2 aromatic rings. The molecule has 0 aliphatic heterocycles. The first-order chi connectivity index (χ1) is 9.66. The van der Waals surface area contributed by atoms with E-state index in [9.17, 15) is 0 Å². The number of pyridine rings is 1. The van der Waals surface area contributed by atoms with Crippen molar-refractivity contribution in [2.45, 2.75) is 20.4 Å². The van der Waals surface area contributed by atoms with Crippen LogP contribution < -0.4 is 10.1 Å². The quantitative estimate of drug-likeness (QED) is 0.862. The van der Waals surface area contributed by atoms with Gasteiger partial charge in [-0.3, -0.25) is 4.98 Å². The summed E-state index contributed by atoms with van der Waals surface area (Å²) in [5.41, 5.74) is 1.02. The highest BCUT2D eigenvalue weighted by Crippen LogP contribution is 2.30. The van der Waals surface area contributed by atoms with Gasteiger partial charge in [0.1, 0.15) is 11.5 Å². The fraction of sp³-hybridized carbons (Fsp3) is 0.312. The van der Waals surface area contributed by atoms with Crippen LogP contribution in [0.3, 0.4) is 0 Å². The zero-order chi connectivity index (χ0) is 14.4. The van der Waals surface area contributed by atoms with Gasteiger partial charge in [0.05, 0.1) is 5.02 Å². The van der Waals surface area contributed by atoms with Gasteiger partial charge in [0, 0.05) is 24.5 Å². The van der Waals surface area contributed by atoms with Crippen LogP contribution in [0.1, 0.15) is 19.4 Å². The summed E-state index contributed by atoms with van der Waals surface area (Å²) in [5.74, 6) is 2.05. The van der Waals surface area contributed by atoms with E-state index in [2.05, 4.69) is 24.1 Å². The number of nitrogens with zero attached hydrogens (tertiary/aromatic N) is 1. The Bertz CT molecular complexity index is 558. The monoisotopic (exact) mass is 290 g/mol. The minimum atomic E-state index is 0.602. The Labute approximate surface area is 124 Å². The van der Waals surface area contributed by atoms with Crippen molar-refractivity contribution >= 4 is 11.6 Å². The maximum absolute atomic E-state index is 6.12. The highest BCUT2D eigenvalue weighted by Gasteiger charge is 2.07. The summed E-state index contributed by atoms with van der Waals surface area (Å²) in [6.45, 7) is 6.04. The Morgan fingerprint density at radius 2 is 2.00 bits per heavy atom. The lowest BCUT2D eigenvalue weighted by molar-refractivity contribution is 0.468. The van der Waals surface area contributed by atoms with Gasteiger partial charge in [-0.2, -0.15) is 0 Å². The number of hydrogen-bond acceptors (Lipinski definition) is 3. The van der Waals surface area contributed by atoms with Gasteiger partial charge in [-0.15, -0.1) is 0 Å². The van der Waals surface area contributed by atoms with Gasteiger partial charge in [0.15, 0.2) is 0 Å². The van der Waals surface area contributed by atoms with E-state index in [1.807, 2.05) is 36.5 Å².